The maximum Gasteiger partial charge on any atom is 0.337 e. The van der Waals surface area contributed by atoms with Crippen molar-refractivity contribution in [1.29, 1.82) is 0 Å². The molecule has 1 aliphatic heterocycles. The number of carboxylic acid groups (broad SMARTS) is 1. The van der Waals surface area contributed by atoms with E-state index in [9.17, 15) is 9.59 Å². The molecule has 0 aromatic heterocycles. The van der Waals surface area contributed by atoms with Crippen molar-refractivity contribution in [1.82, 2.24) is 5.32 Å². The van der Waals surface area contributed by atoms with Gasteiger partial charge in [-0.3, -0.25) is 4.79 Å². The number of nitrogens with one attached hydrogen (secondary N) is 2. The third-order valence-electron chi connectivity index (χ3n) is 3.66. The lowest BCUT2D eigenvalue weighted by Gasteiger charge is -2.22. The van der Waals surface area contributed by atoms with E-state index >= 15 is 0 Å². The molecule has 1 amide bonds. The van der Waals surface area contributed by atoms with E-state index < -0.39 is 5.97 Å². The SMILES string of the molecule is O=C(CCC1CCCNC1)Nc1ccc(Cl)c(C(=O)O)c1. The predicted molar refractivity (Wildman–Crippen MR) is 81.9 cm³/mol. The molecular weight excluding hydrogens is 292 g/mol. The first kappa shape index (κ1) is 15.8. The smallest absolute Gasteiger partial charge is 0.337 e. The van der Waals surface area contributed by atoms with Crippen molar-refractivity contribution in [3.8, 4) is 0 Å². The maximum atomic E-state index is 11.9. The van der Waals surface area contributed by atoms with Crippen molar-refractivity contribution >= 4 is 29.2 Å². The number of benzene rings is 1. The Morgan fingerprint density at radius 1 is 1.43 bits per heavy atom. The molecule has 0 bridgehead atoms. The van der Waals surface area contributed by atoms with Gasteiger partial charge in [0.1, 0.15) is 0 Å². The predicted octanol–water partition coefficient (Wildman–Crippen LogP) is 2.76. The molecule has 6 heteroatoms. The second-order valence-electron chi connectivity index (χ2n) is 5.30. The summed E-state index contributed by atoms with van der Waals surface area (Å²) >= 11 is 5.79. The van der Waals surface area contributed by atoms with E-state index in [1.807, 2.05) is 0 Å². The molecule has 1 aromatic rings. The minimum atomic E-state index is -1.11. The fraction of sp³-hybridized carbons (Fsp3) is 0.467. The van der Waals surface area contributed by atoms with Gasteiger partial charge in [-0.15, -0.1) is 0 Å². The Labute approximate surface area is 128 Å². The Kier molecular flexibility index (Phi) is 5.59. The van der Waals surface area contributed by atoms with Gasteiger partial charge in [-0.25, -0.2) is 4.79 Å². The van der Waals surface area contributed by atoms with Crippen molar-refractivity contribution in [2.75, 3.05) is 18.4 Å². The van der Waals surface area contributed by atoms with Gasteiger partial charge in [0.2, 0.25) is 5.91 Å². The Morgan fingerprint density at radius 2 is 2.24 bits per heavy atom. The van der Waals surface area contributed by atoms with Crippen LogP contribution in [0.15, 0.2) is 18.2 Å². The minimum absolute atomic E-state index is 0.00838. The van der Waals surface area contributed by atoms with Crippen LogP contribution in [0.3, 0.4) is 0 Å². The summed E-state index contributed by atoms with van der Waals surface area (Å²) in [5.74, 6) is -0.659. The molecule has 5 nitrogen and oxygen atoms in total. The highest BCUT2D eigenvalue weighted by Crippen LogP contribution is 2.21. The summed E-state index contributed by atoms with van der Waals surface area (Å²) in [6.07, 6.45) is 3.60. The summed E-state index contributed by atoms with van der Waals surface area (Å²) in [6.45, 7) is 2.03. The number of hydrogen-bond acceptors (Lipinski definition) is 3. The van der Waals surface area contributed by atoms with Crippen molar-refractivity contribution in [3.63, 3.8) is 0 Å². The van der Waals surface area contributed by atoms with Gasteiger partial charge in [-0.05, 0) is 56.5 Å². The van der Waals surface area contributed by atoms with Crippen LogP contribution in [-0.4, -0.2) is 30.1 Å². The zero-order chi connectivity index (χ0) is 15.2. The average molecular weight is 311 g/mol. The van der Waals surface area contributed by atoms with E-state index in [1.165, 1.54) is 12.1 Å². The number of amides is 1. The number of carbonyl (C=O) groups is 2. The van der Waals surface area contributed by atoms with Crippen LogP contribution in [0.4, 0.5) is 5.69 Å². The Hall–Kier alpha value is -1.59. The summed E-state index contributed by atoms with van der Waals surface area (Å²) in [4.78, 5) is 22.9. The van der Waals surface area contributed by atoms with Crippen molar-refractivity contribution in [3.05, 3.63) is 28.8 Å². The molecular formula is C15H19ClN2O3. The van der Waals surface area contributed by atoms with Gasteiger partial charge >= 0.3 is 5.97 Å². The zero-order valence-electron chi connectivity index (χ0n) is 11.7. The number of anilines is 1. The average Bonchev–Trinajstić information content (AvgIpc) is 2.48. The van der Waals surface area contributed by atoms with E-state index in [1.54, 1.807) is 6.07 Å². The molecule has 1 atom stereocenters. The largest absolute Gasteiger partial charge is 0.478 e. The van der Waals surface area contributed by atoms with Crippen LogP contribution in [0, 0.1) is 5.92 Å². The second kappa shape index (κ2) is 7.43. The molecule has 114 valence electrons. The van der Waals surface area contributed by atoms with E-state index in [2.05, 4.69) is 10.6 Å². The molecule has 1 aliphatic rings. The lowest BCUT2D eigenvalue weighted by molar-refractivity contribution is -0.116. The van der Waals surface area contributed by atoms with Crippen molar-refractivity contribution in [2.45, 2.75) is 25.7 Å². The number of hydrogen-bond donors (Lipinski definition) is 3. The number of halogens is 1. The van der Waals surface area contributed by atoms with E-state index in [0.717, 1.165) is 32.4 Å². The summed E-state index contributed by atoms with van der Waals surface area (Å²) < 4.78 is 0. The molecule has 0 saturated carbocycles. The maximum absolute atomic E-state index is 11.9. The Morgan fingerprint density at radius 3 is 2.90 bits per heavy atom. The topological polar surface area (TPSA) is 78.4 Å². The molecule has 1 unspecified atom stereocenters. The van der Waals surface area contributed by atoms with Gasteiger partial charge in [-0.2, -0.15) is 0 Å². The summed E-state index contributed by atoms with van der Waals surface area (Å²) in [5.41, 5.74) is 0.453. The van der Waals surface area contributed by atoms with Gasteiger partial charge in [0, 0.05) is 12.1 Å². The van der Waals surface area contributed by atoms with Gasteiger partial charge in [-0.1, -0.05) is 11.6 Å². The molecule has 0 radical (unpaired) electrons. The standard InChI is InChI=1S/C15H19ClN2O3/c16-13-5-4-11(8-12(13)15(20)21)18-14(19)6-3-10-2-1-7-17-9-10/h4-5,8,10,17H,1-3,6-7,9H2,(H,18,19)(H,20,21). The normalized spacial score (nSPS) is 18.2. The zero-order valence-corrected chi connectivity index (χ0v) is 12.4. The molecule has 1 saturated heterocycles. The summed E-state index contributed by atoms with van der Waals surface area (Å²) in [7, 11) is 0. The number of aromatic carboxylic acids is 1. The molecule has 1 heterocycles. The second-order valence-corrected chi connectivity index (χ2v) is 5.71. The van der Waals surface area contributed by atoms with E-state index in [-0.39, 0.29) is 16.5 Å². The Balaban J connectivity index is 1.87. The van der Waals surface area contributed by atoms with E-state index in [4.69, 9.17) is 16.7 Å². The van der Waals surface area contributed by atoms with Crippen LogP contribution in [0.25, 0.3) is 0 Å². The van der Waals surface area contributed by atoms with Crippen LogP contribution in [0.1, 0.15) is 36.0 Å². The van der Waals surface area contributed by atoms with Crippen LogP contribution in [0.2, 0.25) is 5.02 Å². The molecule has 1 aromatic carbocycles. The van der Waals surface area contributed by atoms with Gasteiger partial charge in [0.05, 0.1) is 10.6 Å². The number of carbonyl (C=O) groups excluding carboxylic acids is 1. The summed E-state index contributed by atoms with van der Waals surface area (Å²) in [5, 5.41) is 15.2. The van der Waals surface area contributed by atoms with Gasteiger partial charge in [0.15, 0.2) is 0 Å². The number of rotatable bonds is 5. The highest BCUT2D eigenvalue weighted by molar-refractivity contribution is 6.33. The third kappa shape index (κ3) is 4.72. The van der Waals surface area contributed by atoms with Crippen LogP contribution < -0.4 is 10.6 Å². The Bertz CT molecular complexity index is 528. The van der Waals surface area contributed by atoms with Crippen LogP contribution in [0.5, 0.6) is 0 Å². The quantitative estimate of drug-likeness (QED) is 0.781. The fourth-order valence-electron chi connectivity index (χ4n) is 2.50. The van der Waals surface area contributed by atoms with Crippen LogP contribution in [-0.2, 0) is 4.79 Å². The number of carboxylic acids is 1. The molecule has 2 rings (SSSR count). The lowest BCUT2D eigenvalue weighted by Crippen LogP contribution is -2.30. The lowest BCUT2D eigenvalue weighted by atomic mass is 9.94. The monoisotopic (exact) mass is 310 g/mol. The first-order chi connectivity index (χ1) is 10.1. The van der Waals surface area contributed by atoms with E-state index in [0.29, 0.717) is 18.0 Å². The highest BCUT2D eigenvalue weighted by Gasteiger charge is 2.15. The van der Waals surface area contributed by atoms with Crippen molar-refractivity contribution in [2.24, 2.45) is 5.92 Å². The highest BCUT2D eigenvalue weighted by atomic mass is 35.5. The molecule has 1 fully saturated rings. The summed E-state index contributed by atoms with van der Waals surface area (Å²) in [6, 6.07) is 4.46. The van der Waals surface area contributed by atoms with Gasteiger partial charge < -0.3 is 15.7 Å². The molecule has 0 spiro atoms. The fourth-order valence-corrected chi connectivity index (χ4v) is 2.69. The molecule has 21 heavy (non-hydrogen) atoms. The third-order valence-corrected chi connectivity index (χ3v) is 3.99. The first-order valence-electron chi connectivity index (χ1n) is 7.09. The number of piperidine rings is 1. The van der Waals surface area contributed by atoms with Crippen LogP contribution >= 0.6 is 11.6 Å². The first-order valence-corrected chi connectivity index (χ1v) is 7.47. The van der Waals surface area contributed by atoms with Crippen molar-refractivity contribution < 1.29 is 14.7 Å². The molecule has 3 N–H and O–H groups in total. The minimum Gasteiger partial charge on any atom is -0.478 e. The van der Waals surface area contributed by atoms with Gasteiger partial charge in [0.25, 0.3) is 0 Å². The molecule has 0 aliphatic carbocycles.